The van der Waals surface area contributed by atoms with Gasteiger partial charge in [0.1, 0.15) is 0 Å². The van der Waals surface area contributed by atoms with Gasteiger partial charge in [-0.25, -0.2) is 4.99 Å². The molecule has 2 atom stereocenters. The Morgan fingerprint density at radius 1 is 1.43 bits per heavy atom. The lowest BCUT2D eigenvalue weighted by molar-refractivity contribution is 0.185. The summed E-state index contributed by atoms with van der Waals surface area (Å²) >= 11 is 4.16. The normalized spacial score (nSPS) is 26.1. The molecular formula is C8H12N4OS. The van der Waals surface area contributed by atoms with Crippen LogP contribution in [-0.2, 0) is 11.8 Å². The molecule has 0 N–H and O–H groups in total. The largest absolute Gasteiger partial charge is 0.468 e. The van der Waals surface area contributed by atoms with E-state index in [4.69, 9.17) is 4.74 Å². The predicted octanol–water partition coefficient (Wildman–Crippen LogP) is 0.982. The molecule has 0 saturated carbocycles. The van der Waals surface area contributed by atoms with Crippen LogP contribution in [0.2, 0.25) is 0 Å². The van der Waals surface area contributed by atoms with Crippen molar-refractivity contribution < 1.29 is 4.74 Å². The number of thiol groups is 1. The second-order valence-corrected chi connectivity index (χ2v) is 3.74. The topological polar surface area (TPSA) is 52.3 Å². The smallest absolute Gasteiger partial charge is 0.187 e. The molecule has 2 rings (SSSR count). The van der Waals surface area contributed by atoms with Gasteiger partial charge in [-0.15, -0.1) is 22.8 Å². The summed E-state index contributed by atoms with van der Waals surface area (Å²) in [6.07, 6.45) is -0.131. The predicted molar refractivity (Wildman–Crippen MR) is 54.7 cm³/mol. The molecule has 0 bridgehead atoms. The second-order valence-electron chi connectivity index (χ2n) is 3.34. The highest BCUT2D eigenvalue weighted by molar-refractivity contribution is 7.80. The van der Waals surface area contributed by atoms with Crippen LogP contribution in [0.3, 0.4) is 0 Å². The Bertz CT molecular complexity index is 387. The summed E-state index contributed by atoms with van der Waals surface area (Å²) in [4.78, 5) is 4.29. The van der Waals surface area contributed by atoms with Crippen molar-refractivity contribution in [3.8, 4) is 0 Å². The maximum Gasteiger partial charge on any atom is 0.187 e. The summed E-state index contributed by atoms with van der Waals surface area (Å²) < 4.78 is 7.35. The van der Waals surface area contributed by atoms with Crippen LogP contribution in [0.25, 0.3) is 0 Å². The maximum atomic E-state index is 5.55. The van der Waals surface area contributed by atoms with E-state index in [0.717, 1.165) is 5.82 Å². The Morgan fingerprint density at radius 3 is 2.57 bits per heavy atom. The van der Waals surface area contributed by atoms with Crippen molar-refractivity contribution in [2.75, 3.05) is 0 Å². The van der Waals surface area contributed by atoms with Crippen molar-refractivity contribution in [2.24, 2.45) is 12.0 Å². The molecule has 1 aliphatic rings. The van der Waals surface area contributed by atoms with Gasteiger partial charge in [0.05, 0.1) is 6.04 Å². The number of hydrogen-bond acceptors (Lipinski definition) is 5. The van der Waals surface area contributed by atoms with E-state index < -0.39 is 0 Å². The van der Waals surface area contributed by atoms with E-state index in [1.165, 1.54) is 0 Å². The SMILES string of the molecule is CC1=NC(C)C(c2nnc(S)n2C)O1. The quantitative estimate of drug-likeness (QED) is 0.706. The van der Waals surface area contributed by atoms with Crippen molar-refractivity contribution in [2.45, 2.75) is 31.1 Å². The van der Waals surface area contributed by atoms with E-state index in [1.807, 2.05) is 20.9 Å². The first-order valence-electron chi connectivity index (χ1n) is 4.39. The molecular weight excluding hydrogens is 200 g/mol. The molecule has 2 unspecified atom stereocenters. The number of ether oxygens (including phenoxy) is 1. The number of aromatic nitrogens is 3. The third kappa shape index (κ3) is 1.39. The second kappa shape index (κ2) is 3.27. The van der Waals surface area contributed by atoms with Gasteiger partial charge in [-0.1, -0.05) is 0 Å². The molecule has 0 saturated heterocycles. The molecule has 0 spiro atoms. The van der Waals surface area contributed by atoms with E-state index in [1.54, 1.807) is 4.57 Å². The number of rotatable bonds is 1. The van der Waals surface area contributed by atoms with Crippen molar-refractivity contribution in [3.05, 3.63) is 5.82 Å². The Hall–Kier alpha value is -1.04. The average molecular weight is 212 g/mol. The van der Waals surface area contributed by atoms with Gasteiger partial charge < -0.3 is 9.30 Å². The van der Waals surface area contributed by atoms with Crippen LogP contribution in [0.4, 0.5) is 0 Å². The molecule has 0 aromatic carbocycles. The fraction of sp³-hybridized carbons (Fsp3) is 0.625. The van der Waals surface area contributed by atoms with Gasteiger partial charge in [-0.3, -0.25) is 0 Å². The average Bonchev–Trinajstić information content (AvgIpc) is 2.59. The highest BCUT2D eigenvalue weighted by Gasteiger charge is 2.31. The molecule has 0 amide bonds. The molecule has 76 valence electrons. The molecule has 14 heavy (non-hydrogen) atoms. The molecule has 1 aromatic heterocycles. The van der Waals surface area contributed by atoms with Gasteiger partial charge in [0.15, 0.2) is 23.0 Å². The third-order valence-corrected chi connectivity index (χ3v) is 2.65. The fourth-order valence-electron chi connectivity index (χ4n) is 1.52. The molecule has 6 heteroatoms. The van der Waals surface area contributed by atoms with Gasteiger partial charge in [-0.2, -0.15) is 0 Å². The highest BCUT2D eigenvalue weighted by Crippen LogP contribution is 2.27. The van der Waals surface area contributed by atoms with Crippen LogP contribution in [0, 0.1) is 0 Å². The van der Waals surface area contributed by atoms with Gasteiger partial charge in [-0.05, 0) is 6.92 Å². The van der Waals surface area contributed by atoms with E-state index in [-0.39, 0.29) is 12.1 Å². The summed E-state index contributed by atoms with van der Waals surface area (Å²) in [6, 6.07) is 0.0885. The van der Waals surface area contributed by atoms with E-state index >= 15 is 0 Å². The number of nitrogens with zero attached hydrogens (tertiary/aromatic N) is 4. The molecule has 0 radical (unpaired) electrons. The first kappa shape index (κ1) is 9.51. The van der Waals surface area contributed by atoms with Gasteiger partial charge in [0, 0.05) is 14.0 Å². The first-order valence-corrected chi connectivity index (χ1v) is 4.83. The Labute approximate surface area is 87.6 Å². The lowest BCUT2D eigenvalue weighted by atomic mass is 10.2. The summed E-state index contributed by atoms with van der Waals surface area (Å²) in [7, 11) is 1.86. The van der Waals surface area contributed by atoms with E-state index in [9.17, 15) is 0 Å². The molecule has 1 aromatic rings. The zero-order chi connectivity index (χ0) is 10.3. The van der Waals surface area contributed by atoms with Crippen LogP contribution < -0.4 is 0 Å². The van der Waals surface area contributed by atoms with Gasteiger partial charge in [0.25, 0.3) is 0 Å². The fourth-order valence-corrected chi connectivity index (χ4v) is 1.66. The standard InChI is InChI=1S/C8H12N4OS/c1-4-6(13-5(2)9-4)7-10-11-8(14)12(7)3/h4,6H,1-3H3,(H,11,14). The zero-order valence-electron chi connectivity index (χ0n) is 8.30. The molecule has 5 nitrogen and oxygen atoms in total. The Kier molecular flexibility index (Phi) is 2.22. The molecule has 0 aliphatic carbocycles. The summed E-state index contributed by atoms with van der Waals surface area (Å²) in [5.74, 6) is 1.47. The summed E-state index contributed by atoms with van der Waals surface area (Å²) in [6.45, 7) is 3.84. The molecule has 2 heterocycles. The van der Waals surface area contributed by atoms with Gasteiger partial charge in [0.2, 0.25) is 0 Å². The minimum Gasteiger partial charge on any atom is -0.468 e. The highest BCUT2D eigenvalue weighted by atomic mass is 32.1. The third-order valence-electron chi connectivity index (χ3n) is 2.26. The van der Waals surface area contributed by atoms with Crippen LogP contribution in [0.5, 0.6) is 0 Å². The van der Waals surface area contributed by atoms with Crippen molar-refractivity contribution in [1.82, 2.24) is 14.8 Å². The van der Waals surface area contributed by atoms with Crippen LogP contribution in [0.15, 0.2) is 10.1 Å². The lowest BCUT2D eigenvalue weighted by Gasteiger charge is -2.12. The van der Waals surface area contributed by atoms with Crippen LogP contribution in [-0.4, -0.2) is 26.7 Å². The van der Waals surface area contributed by atoms with Crippen molar-refractivity contribution >= 4 is 18.5 Å². The summed E-state index contributed by atoms with van der Waals surface area (Å²) in [5.41, 5.74) is 0. The monoisotopic (exact) mass is 212 g/mol. The molecule has 0 fully saturated rings. The molecule has 1 aliphatic heterocycles. The lowest BCUT2D eigenvalue weighted by Crippen LogP contribution is -2.15. The maximum absolute atomic E-state index is 5.55. The Morgan fingerprint density at radius 2 is 2.14 bits per heavy atom. The number of hydrogen-bond donors (Lipinski definition) is 1. The minimum absolute atomic E-state index is 0.0885. The minimum atomic E-state index is -0.131. The van der Waals surface area contributed by atoms with Crippen LogP contribution >= 0.6 is 12.6 Å². The Balaban J connectivity index is 2.30. The van der Waals surface area contributed by atoms with Gasteiger partial charge >= 0.3 is 0 Å². The van der Waals surface area contributed by atoms with E-state index in [2.05, 4.69) is 27.8 Å². The van der Waals surface area contributed by atoms with Crippen molar-refractivity contribution in [3.63, 3.8) is 0 Å². The number of aliphatic imine (C=N–C) groups is 1. The van der Waals surface area contributed by atoms with E-state index in [0.29, 0.717) is 11.1 Å². The van der Waals surface area contributed by atoms with Crippen LogP contribution in [0.1, 0.15) is 25.8 Å². The summed E-state index contributed by atoms with van der Waals surface area (Å²) in [5, 5.41) is 8.47. The zero-order valence-corrected chi connectivity index (χ0v) is 9.19. The first-order chi connectivity index (χ1) is 6.59. The van der Waals surface area contributed by atoms with Crippen molar-refractivity contribution in [1.29, 1.82) is 0 Å².